The Morgan fingerprint density at radius 1 is 1.14 bits per heavy atom. The molecule has 0 atom stereocenters. The molecular weight excluding hydrogens is 242 g/mol. The van der Waals surface area contributed by atoms with E-state index in [-0.39, 0.29) is 64.3 Å². The average molecular weight is 254 g/mol. The van der Waals surface area contributed by atoms with Crippen molar-refractivity contribution < 1.29 is 69.3 Å². The number of rotatable bonds is 0. The Morgan fingerprint density at radius 2 is 1.21 bits per heavy atom. The van der Waals surface area contributed by atoms with Crippen LogP contribution in [0.3, 0.4) is 0 Å². The molecule has 0 radical (unpaired) electrons. The summed E-state index contributed by atoms with van der Waals surface area (Å²) in [5, 5.41) is 17.8. The Labute approximate surface area is 140 Å². The topological polar surface area (TPSA) is 75.4 Å². The molecule has 0 aliphatic rings. The zero-order valence-electron chi connectivity index (χ0n) is 9.07. The first-order chi connectivity index (χ1) is 5.37. The van der Waals surface area contributed by atoms with Gasteiger partial charge in [-0.3, -0.25) is 0 Å². The largest absolute Gasteiger partial charge is 1.00 e. The van der Waals surface area contributed by atoms with Crippen LogP contribution in [0.25, 0.3) is 0 Å². The van der Waals surface area contributed by atoms with E-state index in [0.717, 1.165) is 0 Å². The Kier molecular flexibility index (Phi) is 49.9. The standard InChI is InChI=1S/C3H7NOS.C2H4.CH3NOS.2Na/c1-4(2)3(5)6;1-2;2-1(3)4;;/h1-2H3,(H,5,6);1-2H2;(H3,2,3,4);;/q;;;2*+1/p-2. The molecule has 72 valence electrons. The minimum Gasteiger partial charge on any atom is -0.852 e. The summed E-state index contributed by atoms with van der Waals surface area (Å²) in [5.41, 5.74) is 4.29. The van der Waals surface area contributed by atoms with Gasteiger partial charge in [-0.15, -0.1) is 13.2 Å². The van der Waals surface area contributed by atoms with E-state index in [2.05, 4.69) is 43.3 Å². The first kappa shape index (κ1) is 29.4. The summed E-state index contributed by atoms with van der Waals surface area (Å²) in [5.74, 6) is 0. The van der Waals surface area contributed by atoms with Crippen LogP contribution < -0.4 is 75.1 Å². The average Bonchev–Trinajstić information content (AvgIpc) is 1.90. The van der Waals surface area contributed by atoms with Crippen molar-refractivity contribution >= 4 is 34.8 Å². The van der Waals surface area contributed by atoms with E-state index in [1.54, 1.807) is 14.1 Å². The van der Waals surface area contributed by atoms with Crippen LogP contribution in [0.1, 0.15) is 0 Å². The van der Waals surface area contributed by atoms with Gasteiger partial charge in [-0.2, -0.15) is 0 Å². The number of nitrogens with two attached hydrogens (primary N) is 1. The van der Waals surface area contributed by atoms with E-state index in [1.165, 1.54) is 4.90 Å². The number of thiocarbonyl (C=S) groups is 2. The summed E-state index contributed by atoms with van der Waals surface area (Å²) in [6.07, 6.45) is 0. The van der Waals surface area contributed by atoms with Gasteiger partial charge in [0, 0.05) is 24.4 Å². The van der Waals surface area contributed by atoms with E-state index in [0.29, 0.717) is 0 Å². The summed E-state index contributed by atoms with van der Waals surface area (Å²) in [7, 11) is 3.24. The molecule has 0 amide bonds. The normalized spacial score (nSPS) is 5.29. The van der Waals surface area contributed by atoms with E-state index in [1.807, 2.05) is 0 Å². The minimum absolute atomic E-state index is 0. The molecule has 0 rings (SSSR count). The van der Waals surface area contributed by atoms with E-state index >= 15 is 0 Å². The zero-order chi connectivity index (χ0) is 10.7. The Balaban J connectivity index is -0.0000000302. The summed E-state index contributed by atoms with van der Waals surface area (Å²) >= 11 is 7.95. The van der Waals surface area contributed by atoms with Crippen molar-refractivity contribution in [2.45, 2.75) is 0 Å². The first-order valence-corrected chi connectivity index (χ1v) is 3.54. The monoisotopic (exact) mass is 254 g/mol. The van der Waals surface area contributed by atoms with Gasteiger partial charge >= 0.3 is 59.1 Å². The molecule has 0 heterocycles. The molecule has 0 aromatic heterocycles. The van der Waals surface area contributed by atoms with Crippen molar-refractivity contribution in [1.29, 1.82) is 0 Å². The third-order valence-electron chi connectivity index (χ3n) is 0.365. The quantitative estimate of drug-likeness (QED) is 0.263. The maximum Gasteiger partial charge on any atom is 1.00 e. The van der Waals surface area contributed by atoms with Gasteiger partial charge in [0.25, 0.3) is 0 Å². The second kappa shape index (κ2) is 23.7. The van der Waals surface area contributed by atoms with Crippen LogP contribution in [0, 0.1) is 0 Å². The minimum atomic E-state index is -0.750. The fourth-order valence-electron chi connectivity index (χ4n) is 0. The molecule has 0 fully saturated rings. The third-order valence-corrected chi connectivity index (χ3v) is 0.730. The predicted molar refractivity (Wildman–Crippen MR) is 54.3 cm³/mol. The SMILES string of the molecule is C=C.CN(C)C([O-])=S.NC([O-])=S.[Na+].[Na+]. The molecule has 0 aromatic carbocycles. The van der Waals surface area contributed by atoms with Crippen molar-refractivity contribution in [2.75, 3.05) is 14.1 Å². The number of nitrogens with zero attached hydrogens (tertiary/aromatic N) is 1. The van der Waals surface area contributed by atoms with E-state index in [4.69, 9.17) is 5.11 Å². The third kappa shape index (κ3) is 73.5. The van der Waals surface area contributed by atoms with Crippen molar-refractivity contribution in [2.24, 2.45) is 5.73 Å². The van der Waals surface area contributed by atoms with Crippen LogP contribution in [0.5, 0.6) is 0 Å². The van der Waals surface area contributed by atoms with Gasteiger partial charge in [-0.1, -0.05) is 24.4 Å². The fraction of sp³-hybridized carbons (Fsp3) is 0.333. The molecule has 4 nitrogen and oxygen atoms in total. The molecular formula is C6H12N2Na2O2S2. The fourth-order valence-corrected chi connectivity index (χ4v) is 0. The molecule has 8 heteroatoms. The van der Waals surface area contributed by atoms with Crippen LogP contribution in [-0.2, 0) is 0 Å². The molecule has 0 spiro atoms. The van der Waals surface area contributed by atoms with Crippen molar-refractivity contribution in [1.82, 2.24) is 4.90 Å². The van der Waals surface area contributed by atoms with Gasteiger partial charge < -0.3 is 20.8 Å². The maximum atomic E-state index is 9.88. The van der Waals surface area contributed by atoms with Gasteiger partial charge in [-0.25, -0.2) is 0 Å². The number of hydrogen-bond donors (Lipinski definition) is 1. The van der Waals surface area contributed by atoms with Gasteiger partial charge in [0.05, 0.1) is 0 Å². The van der Waals surface area contributed by atoms with Gasteiger partial charge in [0.15, 0.2) is 0 Å². The Bertz CT molecular complexity index is 144. The first-order valence-electron chi connectivity index (χ1n) is 2.72. The Morgan fingerprint density at radius 3 is 1.21 bits per heavy atom. The molecule has 2 N–H and O–H groups in total. The van der Waals surface area contributed by atoms with Crippen LogP contribution in [0.15, 0.2) is 13.2 Å². The summed E-state index contributed by atoms with van der Waals surface area (Å²) < 4.78 is 0. The van der Waals surface area contributed by atoms with Crippen LogP contribution >= 0.6 is 24.4 Å². The smallest absolute Gasteiger partial charge is 0.852 e. The second-order valence-corrected chi connectivity index (χ2v) is 2.23. The van der Waals surface area contributed by atoms with Crippen molar-refractivity contribution in [3.05, 3.63) is 13.2 Å². The molecule has 0 saturated heterocycles. The summed E-state index contributed by atoms with van der Waals surface area (Å²) in [6.45, 7) is 6.00. The second-order valence-electron chi connectivity index (χ2n) is 1.48. The maximum absolute atomic E-state index is 9.88. The van der Waals surface area contributed by atoms with E-state index in [9.17, 15) is 5.11 Å². The van der Waals surface area contributed by atoms with Crippen molar-refractivity contribution in [3.63, 3.8) is 0 Å². The van der Waals surface area contributed by atoms with Crippen LogP contribution in [-0.4, -0.2) is 29.3 Å². The summed E-state index contributed by atoms with van der Waals surface area (Å²) in [6, 6.07) is 0. The molecule has 0 bridgehead atoms. The molecule has 0 saturated carbocycles. The molecule has 0 unspecified atom stereocenters. The van der Waals surface area contributed by atoms with Crippen LogP contribution in [0.2, 0.25) is 0 Å². The molecule has 0 aliphatic heterocycles. The molecule has 0 aliphatic carbocycles. The number of hydrogen-bond acceptors (Lipinski definition) is 4. The zero-order valence-corrected chi connectivity index (χ0v) is 14.7. The molecule has 14 heavy (non-hydrogen) atoms. The van der Waals surface area contributed by atoms with Gasteiger partial charge in [0.1, 0.15) is 0 Å². The van der Waals surface area contributed by atoms with E-state index < -0.39 is 5.17 Å². The summed E-state index contributed by atoms with van der Waals surface area (Å²) in [4.78, 5) is 1.34. The molecule has 0 aromatic rings. The van der Waals surface area contributed by atoms with Crippen LogP contribution in [0.4, 0.5) is 0 Å². The Hall–Kier alpha value is 1.12. The van der Waals surface area contributed by atoms with Gasteiger partial charge in [-0.05, 0) is 0 Å². The van der Waals surface area contributed by atoms with Gasteiger partial charge in [0.2, 0.25) is 0 Å². The van der Waals surface area contributed by atoms with Crippen molar-refractivity contribution in [3.8, 4) is 0 Å². The predicted octanol–water partition coefficient (Wildman–Crippen LogP) is -7.41.